The Bertz CT molecular complexity index is 409. The summed E-state index contributed by atoms with van der Waals surface area (Å²) in [5, 5.41) is 8.80. The highest BCUT2D eigenvalue weighted by Crippen LogP contribution is 2.11. The van der Waals surface area contributed by atoms with Crippen LogP contribution < -0.4 is 0 Å². The number of hydrogen-bond donors (Lipinski definition) is 1. The van der Waals surface area contributed by atoms with Gasteiger partial charge >= 0.3 is 5.97 Å². The third-order valence-corrected chi connectivity index (χ3v) is 2.61. The zero-order valence-corrected chi connectivity index (χ0v) is 10.6. The molecule has 0 aliphatic carbocycles. The van der Waals surface area contributed by atoms with Gasteiger partial charge in [0.2, 0.25) is 0 Å². The van der Waals surface area contributed by atoms with Crippen LogP contribution in [0.3, 0.4) is 0 Å². The standard InChI is InChI=1S/C13H18FNO3/c1-10-3-4-11(7-12(10)14)8-15(5-6-18-2)9-13(16)17/h3-4,7H,5-6,8-9H2,1-2H3,(H,16,17). The fraction of sp³-hybridized carbons (Fsp3) is 0.462. The monoisotopic (exact) mass is 255 g/mol. The van der Waals surface area contributed by atoms with Crippen molar-refractivity contribution in [2.45, 2.75) is 13.5 Å². The van der Waals surface area contributed by atoms with Crippen molar-refractivity contribution >= 4 is 5.97 Å². The molecule has 0 atom stereocenters. The Morgan fingerprint density at radius 2 is 2.22 bits per heavy atom. The van der Waals surface area contributed by atoms with E-state index in [1.54, 1.807) is 31.1 Å². The van der Waals surface area contributed by atoms with Gasteiger partial charge in [0, 0.05) is 20.2 Å². The van der Waals surface area contributed by atoms with Gasteiger partial charge < -0.3 is 9.84 Å². The molecule has 0 bridgehead atoms. The highest BCUT2D eigenvalue weighted by Gasteiger charge is 2.11. The van der Waals surface area contributed by atoms with Crippen molar-refractivity contribution in [2.75, 3.05) is 26.8 Å². The molecule has 0 spiro atoms. The van der Waals surface area contributed by atoms with Gasteiger partial charge in [0.25, 0.3) is 0 Å². The molecule has 0 saturated heterocycles. The van der Waals surface area contributed by atoms with Gasteiger partial charge in [0.15, 0.2) is 0 Å². The molecular formula is C13H18FNO3. The first kappa shape index (κ1) is 14.6. The molecule has 0 saturated carbocycles. The summed E-state index contributed by atoms with van der Waals surface area (Å²) in [6, 6.07) is 4.94. The number of aliphatic carboxylic acids is 1. The first-order chi connectivity index (χ1) is 8.52. The number of halogens is 1. The number of hydrogen-bond acceptors (Lipinski definition) is 3. The van der Waals surface area contributed by atoms with Gasteiger partial charge in [-0.1, -0.05) is 12.1 Å². The quantitative estimate of drug-likeness (QED) is 0.805. The van der Waals surface area contributed by atoms with Crippen LogP contribution in [0.5, 0.6) is 0 Å². The molecule has 0 fully saturated rings. The molecule has 0 amide bonds. The van der Waals surface area contributed by atoms with Gasteiger partial charge in [0.05, 0.1) is 13.2 Å². The SMILES string of the molecule is COCCN(CC(=O)O)Cc1ccc(C)c(F)c1. The molecule has 4 nitrogen and oxygen atoms in total. The minimum Gasteiger partial charge on any atom is -0.480 e. The van der Waals surface area contributed by atoms with Gasteiger partial charge in [-0.25, -0.2) is 4.39 Å². The number of nitrogens with zero attached hydrogens (tertiary/aromatic N) is 1. The van der Waals surface area contributed by atoms with Crippen molar-refractivity contribution in [3.8, 4) is 0 Å². The Hall–Kier alpha value is -1.46. The van der Waals surface area contributed by atoms with E-state index in [-0.39, 0.29) is 12.4 Å². The van der Waals surface area contributed by atoms with Crippen LogP contribution in [0.15, 0.2) is 18.2 Å². The lowest BCUT2D eigenvalue weighted by Crippen LogP contribution is -2.32. The lowest BCUT2D eigenvalue weighted by Gasteiger charge is -2.20. The molecule has 0 aromatic heterocycles. The van der Waals surface area contributed by atoms with Crippen LogP contribution in [0.25, 0.3) is 0 Å². The number of methoxy groups -OCH3 is 1. The second-order valence-electron chi connectivity index (χ2n) is 4.18. The number of carboxylic acid groups (broad SMARTS) is 1. The normalized spacial score (nSPS) is 10.9. The number of benzene rings is 1. The molecule has 0 aliphatic heterocycles. The molecule has 1 aromatic carbocycles. The summed E-state index contributed by atoms with van der Waals surface area (Å²) in [5.41, 5.74) is 1.34. The van der Waals surface area contributed by atoms with Crippen LogP contribution in [0, 0.1) is 12.7 Å². The van der Waals surface area contributed by atoms with E-state index in [1.807, 2.05) is 0 Å². The average molecular weight is 255 g/mol. The zero-order valence-electron chi connectivity index (χ0n) is 10.6. The fourth-order valence-corrected chi connectivity index (χ4v) is 1.62. The summed E-state index contributed by atoms with van der Waals surface area (Å²) in [6.45, 7) is 2.95. The topological polar surface area (TPSA) is 49.8 Å². The molecule has 0 aliphatic rings. The van der Waals surface area contributed by atoms with E-state index in [0.717, 1.165) is 5.56 Å². The molecule has 100 valence electrons. The summed E-state index contributed by atoms with van der Waals surface area (Å²) in [6.07, 6.45) is 0. The number of carbonyl (C=O) groups is 1. The molecule has 1 aromatic rings. The molecule has 18 heavy (non-hydrogen) atoms. The summed E-state index contributed by atoms with van der Waals surface area (Å²) in [5.74, 6) is -1.17. The average Bonchev–Trinajstić information content (AvgIpc) is 2.30. The molecule has 1 N–H and O–H groups in total. The Morgan fingerprint density at radius 3 is 2.78 bits per heavy atom. The predicted molar refractivity (Wildman–Crippen MR) is 65.9 cm³/mol. The Balaban J connectivity index is 2.68. The number of aryl methyl sites for hydroxylation is 1. The van der Waals surface area contributed by atoms with E-state index in [2.05, 4.69) is 0 Å². The highest BCUT2D eigenvalue weighted by atomic mass is 19.1. The van der Waals surface area contributed by atoms with Crippen molar-refractivity contribution in [3.05, 3.63) is 35.1 Å². The minimum atomic E-state index is -0.904. The molecular weight excluding hydrogens is 237 g/mol. The maximum absolute atomic E-state index is 13.4. The molecule has 1 rings (SSSR count). The Morgan fingerprint density at radius 1 is 1.50 bits per heavy atom. The number of carboxylic acids is 1. The van der Waals surface area contributed by atoms with Gasteiger partial charge in [0.1, 0.15) is 5.82 Å². The van der Waals surface area contributed by atoms with Gasteiger partial charge in [-0.3, -0.25) is 9.69 Å². The summed E-state index contributed by atoms with van der Waals surface area (Å²) in [7, 11) is 1.56. The molecule has 0 heterocycles. The van der Waals surface area contributed by atoms with Crippen molar-refractivity contribution in [1.29, 1.82) is 0 Å². The van der Waals surface area contributed by atoms with E-state index in [0.29, 0.717) is 25.3 Å². The second-order valence-corrected chi connectivity index (χ2v) is 4.18. The highest BCUT2D eigenvalue weighted by molar-refractivity contribution is 5.69. The molecule has 0 unspecified atom stereocenters. The van der Waals surface area contributed by atoms with E-state index in [1.165, 1.54) is 6.07 Å². The van der Waals surface area contributed by atoms with Gasteiger partial charge in [-0.2, -0.15) is 0 Å². The zero-order chi connectivity index (χ0) is 13.5. The molecule has 0 radical (unpaired) electrons. The third kappa shape index (κ3) is 4.81. The van der Waals surface area contributed by atoms with Crippen molar-refractivity contribution in [3.63, 3.8) is 0 Å². The van der Waals surface area contributed by atoms with Gasteiger partial charge in [-0.05, 0) is 24.1 Å². The van der Waals surface area contributed by atoms with Crippen LogP contribution in [-0.2, 0) is 16.1 Å². The fourth-order valence-electron chi connectivity index (χ4n) is 1.62. The summed E-state index contributed by atoms with van der Waals surface area (Å²) < 4.78 is 18.3. The van der Waals surface area contributed by atoms with E-state index in [4.69, 9.17) is 9.84 Å². The third-order valence-electron chi connectivity index (χ3n) is 2.61. The maximum Gasteiger partial charge on any atom is 0.317 e. The van der Waals surface area contributed by atoms with Crippen molar-refractivity contribution < 1.29 is 19.0 Å². The van der Waals surface area contributed by atoms with Crippen LogP contribution >= 0.6 is 0 Å². The number of rotatable bonds is 7. The van der Waals surface area contributed by atoms with Crippen molar-refractivity contribution in [1.82, 2.24) is 4.90 Å². The summed E-state index contributed by atoms with van der Waals surface area (Å²) in [4.78, 5) is 12.4. The minimum absolute atomic E-state index is 0.0845. The largest absolute Gasteiger partial charge is 0.480 e. The molecule has 5 heteroatoms. The lowest BCUT2D eigenvalue weighted by atomic mass is 10.1. The van der Waals surface area contributed by atoms with Crippen LogP contribution in [0.1, 0.15) is 11.1 Å². The van der Waals surface area contributed by atoms with Crippen LogP contribution in [0.2, 0.25) is 0 Å². The van der Waals surface area contributed by atoms with E-state index in [9.17, 15) is 9.18 Å². The van der Waals surface area contributed by atoms with Crippen LogP contribution in [0.4, 0.5) is 4.39 Å². The van der Waals surface area contributed by atoms with E-state index >= 15 is 0 Å². The smallest absolute Gasteiger partial charge is 0.317 e. The Labute approximate surface area is 106 Å². The lowest BCUT2D eigenvalue weighted by molar-refractivity contribution is -0.138. The van der Waals surface area contributed by atoms with E-state index < -0.39 is 5.97 Å². The first-order valence-corrected chi connectivity index (χ1v) is 5.71. The maximum atomic E-state index is 13.4. The number of ether oxygens (including phenoxy) is 1. The van der Waals surface area contributed by atoms with Crippen LogP contribution in [-0.4, -0.2) is 42.8 Å². The Kier molecular flexibility index (Phi) is 5.74. The second kappa shape index (κ2) is 7.08. The summed E-state index contributed by atoms with van der Waals surface area (Å²) >= 11 is 0. The first-order valence-electron chi connectivity index (χ1n) is 5.71. The predicted octanol–water partition coefficient (Wildman–Crippen LogP) is 1.67. The van der Waals surface area contributed by atoms with Crippen molar-refractivity contribution in [2.24, 2.45) is 0 Å². The van der Waals surface area contributed by atoms with Gasteiger partial charge in [-0.15, -0.1) is 0 Å².